The third-order valence-electron chi connectivity index (χ3n) is 4.19. The van der Waals surface area contributed by atoms with E-state index in [4.69, 9.17) is 11.1 Å². The first-order valence-electron chi connectivity index (χ1n) is 7.40. The average molecular weight is 279 g/mol. The normalized spacial score (nSPS) is 13.0. The average Bonchev–Trinajstić information content (AvgIpc) is 2.94. The fraction of sp³-hybridized carbons (Fsp3) is 0.278. The molecule has 0 radical (unpaired) electrons. The number of hydrogen-bond donors (Lipinski definition) is 2. The molecule has 0 aromatic heterocycles. The summed E-state index contributed by atoms with van der Waals surface area (Å²) in [6.07, 6.45) is 3.71. The Morgan fingerprint density at radius 3 is 2.71 bits per heavy atom. The summed E-state index contributed by atoms with van der Waals surface area (Å²) in [7, 11) is 2.05. The van der Waals surface area contributed by atoms with Gasteiger partial charge in [-0.3, -0.25) is 5.41 Å². The van der Waals surface area contributed by atoms with Gasteiger partial charge < -0.3 is 10.6 Å². The molecule has 0 fully saturated rings. The van der Waals surface area contributed by atoms with Crippen LogP contribution in [0.4, 0.5) is 5.69 Å². The van der Waals surface area contributed by atoms with Crippen molar-refractivity contribution in [2.75, 3.05) is 11.9 Å². The molecule has 2 aromatic rings. The van der Waals surface area contributed by atoms with Crippen LogP contribution in [0.15, 0.2) is 42.5 Å². The van der Waals surface area contributed by atoms with Crippen molar-refractivity contribution in [3.8, 4) is 0 Å². The molecule has 0 aliphatic heterocycles. The van der Waals surface area contributed by atoms with E-state index in [9.17, 15) is 0 Å². The van der Waals surface area contributed by atoms with E-state index >= 15 is 0 Å². The third-order valence-corrected chi connectivity index (χ3v) is 4.19. The Morgan fingerprint density at radius 2 is 1.90 bits per heavy atom. The van der Waals surface area contributed by atoms with Crippen LogP contribution in [0.1, 0.15) is 28.7 Å². The Bertz CT molecular complexity index is 676. The summed E-state index contributed by atoms with van der Waals surface area (Å²) < 4.78 is 0. The van der Waals surface area contributed by atoms with E-state index in [0.717, 1.165) is 17.8 Å². The van der Waals surface area contributed by atoms with Gasteiger partial charge in [0.25, 0.3) is 0 Å². The van der Waals surface area contributed by atoms with Gasteiger partial charge in [-0.25, -0.2) is 0 Å². The number of nitrogens with two attached hydrogens (primary N) is 1. The van der Waals surface area contributed by atoms with Crippen molar-refractivity contribution >= 4 is 11.5 Å². The van der Waals surface area contributed by atoms with Crippen LogP contribution in [-0.2, 0) is 19.4 Å². The minimum Gasteiger partial charge on any atom is -0.384 e. The molecule has 3 N–H and O–H groups in total. The van der Waals surface area contributed by atoms with Gasteiger partial charge in [0.2, 0.25) is 0 Å². The fourth-order valence-electron chi connectivity index (χ4n) is 3.12. The predicted octanol–water partition coefficient (Wildman–Crippen LogP) is 3.10. The van der Waals surface area contributed by atoms with Gasteiger partial charge in [0.15, 0.2) is 0 Å². The summed E-state index contributed by atoms with van der Waals surface area (Å²) in [5, 5.41) is 7.70. The Balaban J connectivity index is 1.83. The van der Waals surface area contributed by atoms with Crippen molar-refractivity contribution in [2.24, 2.45) is 5.73 Å². The first kappa shape index (κ1) is 13.7. The lowest BCUT2D eigenvalue weighted by Crippen LogP contribution is -2.22. The molecule has 0 atom stereocenters. The first-order chi connectivity index (χ1) is 10.1. The van der Waals surface area contributed by atoms with E-state index < -0.39 is 0 Å². The Hall–Kier alpha value is -2.29. The van der Waals surface area contributed by atoms with E-state index in [2.05, 4.69) is 30.1 Å². The highest BCUT2D eigenvalue weighted by Crippen LogP contribution is 2.25. The molecule has 3 rings (SSSR count). The summed E-state index contributed by atoms with van der Waals surface area (Å²) in [4.78, 5) is 2.16. The number of aryl methyl sites for hydroxylation is 2. The van der Waals surface area contributed by atoms with E-state index in [1.165, 1.54) is 36.0 Å². The molecule has 0 unspecified atom stereocenters. The van der Waals surface area contributed by atoms with Crippen molar-refractivity contribution in [3.63, 3.8) is 0 Å². The first-order valence-corrected chi connectivity index (χ1v) is 7.40. The molecule has 1 aliphatic rings. The molecular weight excluding hydrogens is 258 g/mol. The number of nitrogens with zero attached hydrogens (tertiary/aromatic N) is 1. The Morgan fingerprint density at radius 1 is 1.14 bits per heavy atom. The zero-order valence-electron chi connectivity index (χ0n) is 12.4. The molecule has 0 saturated heterocycles. The molecule has 0 heterocycles. The molecule has 21 heavy (non-hydrogen) atoms. The highest BCUT2D eigenvalue weighted by atomic mass is 15.1. The maximum atomic E-state index is 7.70. The second kappa shape index (κ2) is 5.60. The number of amidine groups is 1. The van der Waals surface area contributed by atoms with Crippen LogP contribution >= 0.6 is 0 Å². The highest BCUT2D eigenvalue weighted by molar-refractivity contribution is 6.00. The van der Waals surface area contributed by atoms with E-state index in [0.29, 0.717) is 0 Å². The number of benzene rings is 2. The summed E-state index contributed by atoms with van der Waals surface area (Å²) in [6, 6.07) is 14.6. The standard InChI is InChI=1S/C18H21N3/c1-21(17-8-3-2-7-16(17)18(19)20)12-13-9-10-14-5-4-6-15(14)11-13/h2-3,7-11H,4-6,12H2,1H3,(H3,19,20). The van der Waals surface area contributed by atoms with Crippen molar-refractivity contribution < 1.29 is 0 Å². The van der Waals surface area contributed by atoms with Gasteiger partial charge in [0.1, 0.15) is 5.84 Å². The van der Waals surface area contributed by atoms with Gasteiger partial charge in [-0.05, 0) is 48.1 Å². The SMILES string of the molecule is CN(Cc1ccc2c(c1)CCC2)c1ccccc1C(=N)N. The number of anilines is 1. The smallest absolute Gasteiger partial charge is 0.124 e. The highest BCUT2D eigenvalue weighted by Gasteiger charge is 2.13. The van der Waals surface area contributed by atoms with Gasteiger partial charge >= 0.3 is 0 Å². The maximum Gasteiger partial charge on any atom is 0.124 e. The number of fused-ring (bicyclic) bond motifs is 1. The Kier molecular flexibility index (Phi) is 3.65. The topological polar surface area (TPSA) is 53.1 Å². The number of nitrogen functional groups attached to an aromatic ring is 1. The van der Waals surface area contributed by atoms with Gasteiger partial charge in [-0.2, -0.15) is 0 Å². The van der Waals surface area contributed by atoms with Gasteiger partial charge in [-0.1, -0.05) is 30.3 Å². The third kappa shape index (κ3) is 2.77. The molecule has 1 aliphatic carbocycles. The second-order valence-electron chi connectivity index (χ2n) is 5.74. The number of rotatable bonds is 4. The largest absolute Gasteiger partial charge is 0.384 e. The van der Waals surface area contributed by atoms with Crippen LogP contribution in [0.5, 0.6) is 0 Å². The van der Waals surface area contributed by atoms with Crippen LogP contribution < -0.4 is 10.6 Å². The zero-order chi connectivity index (χ0) is 14.8. The lowest BCUT2D eigenvalue weighted by molar-refractivity contribution is 0.907. The molecular formula is C18H21N3. The summed E-state index contributed by atoms with van der Waals surface area (Å²) in [5.74, 6) is 0.117. The van der Waals surface area contributed by atoms with E-state index in [1.807, 2.05) is 24.3 Å². The summed E-state index contributed by atoms with van der Waals surface area (Å²) >= 11 is 0. The molecule has 3 nitrogen and oxygen atoms in total. The van der Waals surface area contributed by atoms with Crippen LogP contribution in [0.25, 0.3) is 0 Å². The minimum absolute atomic E-state index is 0.117. The zero-order valence-corrected chi connectivity index (χ0v) is 12.4. The van der Waals surface area contributed by atoms with Gasteiger partial charge in [0, 0.05) is 24.8 Å². The molecule has 0 bridgehead atoms. The molecule has 0 spiro atoms. The van der Waals surface area contributed by atoms with Gasteiger partial charge in [0.05, 0.1) is 0 Å². The van der Waals surface area contributed by atoms with Crippen LogP contribution in [0, 0.1) is 5.41 Å². The quantitative estimate of drug-likeness (QED) is 0.667. The van der Waals surface area contributed by atoms with Crippen molar-refractivity contribution in [1.29, 1.82) is 5.41 Å². The van der Waals surface area contributed by atoms with Crippen LogP contribution in [-0.4, -0.2) is 12.9 Å². The van der Waals surface area contributed by atoms with Crippen LogP contribution in [0.3, 0.4) is 0 Å². The molecule has 0 amide bonds. The number of nitrogens with one attached hydrogen (secondary N) is 1. The molecule has 3 heteroatoms. The summed E-state index contributed by atoms with van der Waals surface area (Å²) in [6.45, 7) is 0.831. The lowest BCUT2D eigenvalue weighted by atomic mass is 10.1. The van der Waals surface area contributed by atoms with E-state index in [-0.39, 0.29) is 5.84 Å². The summed E-state index contributed by atoms with van der Waals surface area (Å²) in [5.41, 5.74) is 11.8. The number of para-hydroxylation sites is 1. The lowest BCUT2D eigenvalue weighted by Gasteiger charge is -2.22. The fourth-order valence-corrected chi connectivity index (χ4v) is 3.12. The maximum absolute atomic E-state index is 7.70. The van der Waals surface area contributed by atoms with E-state index in [1.54, 1.807) is 0 Å². The predicted molar refractivity (Wildman–Crippen MR) is 88.0 cm³/mol. The number of hydrogen-bond acceptors (Lipinski definition) is 2. The molecule has 0 saturated carbocycles. The monoisotopic (exact) mass is 279 g/mol. The van der Waals surface area contributed by atoms with Crippen LogP contribution in [0.2, 0.25) is 0 Å². The minimum atomic E-state index is 0.117. The van der Waals surface area contributed by atoms with Crippen molar-refractivity contribution in [3.05, 3.63) is 64.7 Å². The second-order valence-corrected chi connectivity index (χ2v) is 5.74. The van der Waals surface area contributed by atoms with Crippen molar-refractivity contribution in [1.82, 2.24) is 0 Å². The van der Waals surface area contributed by atoms with Crippen molar-refractivity contribution in [2.45, 2.75) is 25.8 Å². The molecule has 2 aromatic carbocycles. The Labute approximate surface area is 125 Å². The van der Waals surface area contributed by atoms with Gasteiger partial charge in [-0.15, -0.1) is 0 Å². The molecule has 108 valence electrons.